The van der Waals surface area contributed by atoms with Gasteiger partial charge in [0.25, 0.3) is 5.91 Å². The number of fused-ring (bicyclic) bond motifs is 1. The van der Waals surface area contributed by atoms with Gasteiger partial charge in [0.15, 0.2) is 5.71 Å². The van der Waals surface area contributed by atoms with Gasteiger partial charge in [0.1, 0.15) is 12.4 Å². The number of carbonyl (C=O) groups is 1. The minimum absolute atomic E-state index is 0.0725. The molecule has 4 aromatic rings. The first-order chi connectivity index (χ1) is 17.1. The van der Waals surface area contributed by atoms with E-state index in [0.717, 1.165) is 21.4 Å². The van der Waals surface area contributed by atoms with Crippen molar-refractivity contribution in [1.29, 1.82) is 0 Å². The van der Waals surface area contributed by atoms with Crippen molar-refractivity contribution in [3.05, 3.63) is 101 Å². The third-order valence-electron chi connectivity index (χ3n) is 4.88. The molecule has 4 rings (SSSR count). The number of aromatic nitrogens is 1. The van der Waals surface area contributed by atoms with E-state index in [1.165, 1.54) is 12.1 Å². The molecule has 178 valence electrons. The molecule has 0 spiro atoms. The number of nitrogens with one attached hydrogen (secondary N) is 1. The Kier molecular flexibility index (Phi) is 8.89. The van der Waals surface area contributed by atoms with Crippen molar-refractivity contribution < 1.29 is 14.7 Å². The van der Waals surface area contributed by atoms with Crippen LogP contribution in [-0.4, -0.2) is 34.0 Å². The first-order valence-electron chi connectivity index (χ1n) is 10.8. The maximum absolute atomic E-state index is 12.9. The van der Waals surface area contributed by atoms with Crippen molar-refractivity contribution in [2.24, 2.45) is 5.16 Å². The van der Waals surface area contributed by atoms with E-state index in [-0.39, 0.29) is 23.1 Å². The molecule has 9 heteroatoms. The van der Waals surface area contributed by atoms with Crippen molar-refractivity contribution in [3.8, 4) is 5.75 Å². The second kappa shape index (κ2) is 12.5. The van der Waals surface area contributed by atoms with Crippen LogP contribution in [0.5, 0.6) is 5.75 Å². The van der Waals surface area contributed by atoms with Crippen molar-refractivity contribution in [1.82, 2.24) is 10.3 Å². The van der Waals surface area contributed by atoms with Crippen LogP contribution in [0.1, 0.15) is 11.1 Å². The van der Waals surface area contributed by atoms with Gasteiger partial charge in [0.2, 0.25) is 0 Å². The van der Waals surface area contributed by atoms with Crippen LogP contribution in [0.2, 0.25) is 5.02 Å². The third-order valence-corrected chi connectivity index (χ3v) is 7.57. The van der Waals surface area contributed by atoms with Gasteiger partial charge in [-0.1, -0.05) is 86.9 Å². The highest BCUT2D eigenvalue weighted by atomic mass is 35.5. The van der Waals surface area contributed by atoms with E-state index in [2.05, 4.69) is 15.5 Å². The Balaban J connectivity index is 1.36. The fourth-order valence-corrected chi connectivity index (χ4v) is 5.41. The van der Waals surface area contributed by atoms with E-state index >= 15 is 0 Å². The summed E-state index contributed by atoms with van der Waals surface area (Å²) in [5.41, 5.74) is 2.42. The summed E-state index contributed by atoms with van der Waals surface area (Å²) in [6, 6.07) is 24.1. The number of carbonyl (C=O) groups excluding carboxylic acids is 1. The average molecular weight is 524 g/mol. The third kappa shape index (κ3) is 6.91. The number of phenols is 1. The summed E-state index contributed by atoms with van der Waals surface area (Å²) in [6.07, 6.45) is 1.79. The van der Waals surface area contributed by atoms with Gasteiger partial charge in [-0.25, -0.2) is 0 Å². The van der Waals surface area contributed by atoms with Gasteiger partial charge in [0.05, 0.1) is 10.5 Å². The lowest BCUT2D eigenvalue weighted by Gasteiger charge is -2.10. The monoisotopic (exact) mass is 523 g/mol. The number of pyridine rings is 1. The Labute approximate surface area is 216 Å². The molecule has 0 unspecified atom stereocenters. The quantitative estimate of drug-likeness (QED) is 0.114. The lowest BCUT2D eigenvalue weighted by atomic mass is 10.1. The summed E-state index contributed by atoms with van der Waals surface area (Å²) in [7, 11) is 3.25. The molecule has 0 fully saturated rings. The van der Waals surface area contributed by atoms with Crippen LogP contribution in [0.3, 0.4) is 0 Å². The molecule has 0 saturated heterocycles. The van der Waals surface area contributed by atoms with E-state index in [9.17, 15) is 9.90 Å². The Morgan fingerprint density at radius 1 is 1.06 bits per heavy atom. The summed E-state index contributed by atoms with van der Waals surface area (Å²) in [5, 5.41) is 17.9. The van der Waals surface area contributed by atoms with Gasteiger partial charge in [0, 0.05) is 34.3 Å². The number of halogens is 1. The van der Waals surface area contributed by atoms with Crippen LogP contribution in [-0.2, 0) is 16.2 Å². The molecule has 1 heterocycles. The number of amides is 1. The zero-order valence-corrected chi connectivity index (χ0v) is 20.9. The first kappa shape index (κ1) is 24.9. The number of benzene rings is 3. The lowest BCUT2D eigenvalue weighted by molar-refractivity contribution is -0.114. The Bertz CT molecular complexity index is 1330. The zero-order valence-electron chi connectivity index (χ0n) is 18.6. The largest absolute Gasteiger partial charge is 0.506 e. The maximum atomic E-state index is 12.9. The molecule has 1 aromatic heterocycles. The predicted molar refractivity (Wildman–Crippen MR) is 144 cm³/mol. The molecule has 0 aliphatic heterocycles. The van der Waals surface area contributed by atoms with E-state index in [4.69, 9.17) is 16.4 Å². The van der Waals surface area contributed by atoms with Gasteiger partial charge in [-0.05, 0) is 35.9 Å². The highest BCUT2D eigenvalue weighted by Crippen LogP contribution is 2.34. The van der Waals surface area contributed by atoms with Gasteiger partial charge >= 0.3 is 0 Å². The topological polar surface area (TPSA) is 83.8 Å². The Morgan fingerprint density at radius 3 is 2.71 bits per heavy atom. The number of hydrogen-bond donors (Lipinski definition) is 2. The van der Waals surface area contributed by atoms with E-state index in [1.807, 2.05) is 60.7 Å². The van der Waals surface area contributed by atoms with Crippen molar-refractivity contribution >= 4 is 55.7 Å². The Hall–Kier alpha value is -3.20. The molecule has 35 heavy (non-hydrogen) atoms. The summed E-state index contributed by atoms with van der Waals surface area (Å²) in [6.45, 7) is 0.646. The second-order valence-corrected chi connectivity index (χ2v) is 10.2. The van der Waals surface area contributed by atoms with Gasteiger partial charge in [-0.2, -0.15) is 0 Å². The van der Waals surface area contributed by atoms with Gasteiger partial charge in [-0.3, -0.25) is 9.78 Å². The second-order valence-electron chi connectivity index (χ2n) is 7.36. The predicted octanol–water partition coefficient (Wildman–Crippen LogP) is 6.07. The molecule has 3 aromatic carbocycles. The number of nitrogens with zero attached hydrogens (tertiary/aromatic N) is 2. The molecule has 0 saturated carbocycles. The molecule has 0 atom stereocenters. The normalized spacial score (nSPS) is 11.4. The number of para-hydroxylation sites is 1. The zero-order chi connectivity index (χ0) is 24.5. The molecule has 0 aliphatic carbocycles. The van der Waals surface area contributed by atoms with Crippen LogP contribution in [0.25, 0.3) is 10.9 Å². The van der Waals surface area contributed by atoms with Gasteiger partial charge < -0.3 is 15.3 Å². The number of hydrogen-bond acceptors (Lipinski definition) is 7. The van der Waals surface area contributed by atoms with Crippen molar-refractivity contribution in [3.63, 3.8) is 0 Å². The first-order valence-corrected chi connectivity index (χ1v) is 13.5. The molecule has 0 radical (unpaired) electrons. The van der Waals surface area contributed by atoms with Gasteiger partial charge in [-0.15, -0.1) is 0 Å². The summed E-state index contributed by atoms with van der Waals surface area (Å²) < 4.78 is 0. The Morgan fingerprint density at radius 2 is 1.89 bits per heavy atom. The van der Waals surface area contributed by atoms with Crippen LogP contribution in [0.15, 0.2) is 95.1 Å². The molecular weight excluding hydrogens is 502 g/mol. The molecule has 0 aliphatic rings. The number of rotatable bonds is 10. The average Bonchev–Trinajstić information content (AvgIpc) is 2.89. The summed E-state index contributed by atoms with van der Waals surface area (Å²) >= 11 is 6.05. The van der Waals surface area contributed by atoms with Crippen LogP contribution >= 0.6 is 33.2 Å². The summed E-state index contributed by atoms with van der Waals surface area (Å²) in [4.78, 5) is 23.9. The smallest absolute Gasteiger partial charge is 0.273 e. The highest BCUT2D eigenvalue weighted by molar-refractivity contribution is 8.76. The van der Waals surface area contributed by atoms with Crippen molar-refractivity contribution in [2.45, 2.75) is 11.5 Å². The van der Waals surface area contributed by atoms with Crippen molar-refractivity contribution in [2.75, 3.05) is 12.3 Å². The van der Waals surface area contributed by atoms with E-state index in [0.29, 0.717) is 17.9 Å². The minimum atomic E-state index is -0.391. The van der Waals surface area contributed by atoms with E-state index < -0.39 is 5.91 Å². The van der Waals surface area contributed by atoms with Crippen LogP contribution < -0.4 is 5.32 Å². The van der Waals surface area contributed by atoms with Crippen LogP contribution in [0, 0.1) is 0 Å². The number of aromatic hydroxyl groups is 1. The molecule has 2 N–H and O–H groups in total. The van der Waals surface area contributed by atoms with E-state index in [1.54, 1.807) is 33.9 Å². The maximum Gasteiger partial charge on any atom is 0.273 e. The summed E-state index contributed by atoms with van der Waals surface area (Å²) in [5.74, 6) is 0.211. The minimum Gasteiger partial charge on any atom is -0.506 e. The highest BCUT2D eigenvalue weighted by Gasteiger charge is 2.17. The SMILES string of the molecule is O=C(NCCSSc1cccc2cccnc12)/C(=N\OCc1ccccc1)c1ccc(O)c(Cl)c1. The molecule has 6 nitrogen and oxygen atoms in total. The number of oxime groups is 1. The fourth-order valence-electron chi connectivity index (χ4n) is 3.16. The molecular formula is C26H22ClN3O3S2. The molecule has 1 amide bonds. The number of phenolic OH excluding ortho intramolecular Hbond substituents is 1. The standard InChI is InChI=1S/C26H22ClN3O3S2/c27-21-16-20(11-12-22(21)31)25(30-33-17-18-6-2-1-3-7-18)26(32)29-14-15-34-35-23-10-4-8-19-9-5-13-28-24(19)23/h1-13,16,31H,14-15,17H2,(H,29,32)/b30-25-. The van der Waals surface area contributed by atoms with Crippen LogP contribution in [0.4, 0.5) is 0 Å². The fraction of sp³-hybridized carbons (Fsp3) is 0.115. The lowest BCUT2D eigenvalue weighted by Crippen LogP contribution is -2.33. The molecule has 0 bridgehead atoms.